The minimum atomic E-state index is 0.136. The SMILES string of the molecule is C[C@@H]1OCCN(c2nc(N3CCOCC3)cc(-n3cnc4ccccc43)n2)[C@H]1C. The Kier molecular flexibility index (Phi) is 4.81. The number of ether oxygens (including phenoxy) is 2. The molecule has 8 heteroatoms. The molecule has 8 nitrogen and oxygen atoms in total. The lowest BCUT2D eigenvalue weighted by Crippen LogP contribution is -2.49. The molecular formula is C21H26N6O2. The van der Waals surface area contributed by atoms with E-state index in [1.807, 2.05) is 29.1 Å². The molecule has 2 fully saturated rings. The predicted molar refractivity (Wildman–Crippen MR) is 112 cm³/mol. The summed E-state index contributed by atoms with van der Waals surface area (Å²) in [6.45, 7) is 8.82. The number of benzene rings is 1. The minimum Gasteiger partial charge on any atom is -0.378 e. The number of anilines is 2. The zero-order valence-corrected chi connectivity index (χ0v) is 16.9. The van der Waals surface area contributed by atoms with Crippen LogP contribution in [0.25, 0.3) is 16.9 Å². The van der Waals surface area contributed by atoms with Crippen molar-refractivity contribution >= 4 is 22.8 Å². The number of hydrogen-bond donors (Lipinski definition) is 0. The fourth-order valence-electron chi connectivity index (χ4n) is 3.97. The summed E-state index contributed by atoms with van der Waals surface area (Å²) in [7, 11) is 0. The van der Waals surface area contributed by atoms with E-state index in [0.29, 0.717) is 19.8 Å². The van der Waals surface area contributed by atoms with Crippen LogP contribution in [0.3, 0.4) is 0 Å². The third kappa shape index (κ3) is 3.42. The van der Waals surface area contributed by atoms with E-state index in [9.17, 15) is 0 Å². The molecule has 152 valence electrons. The van der Waals surface area contributed by atoms with Crippen LogP contribution in [-0.2, 0) is 9.47 Å². The van der Waals surface area contributed by atoms with Crippen molar-refractivity contribution in [1.82, 2.24) is 19.5 Å². The van der Waals surface area contributed by atoms with Crippen molar-refractivity contribution in [3.8, 4) is 5.82 Å². The van der Waals surface area contributed by atoms with Gasteiger partial charge in [0.15, 0.2) is 0 Å². The van der Waals surface area contributed by atoms with Crippen LogP contribution in [0, 0.1) is 0 Å². The van der Waals surface area contributed by atoms with E-state index < -0.39 is 0 Å². The maximum atomic E-state index is 5.81. The molecule has 2 aliphatic heterocycles. The lowest BCUT2D eigenvalue weighted by Gasteiger charge is -2.38. The van der Waals surface area contributed by atoms with Crippen LogP contribution in [0.1, 0.15) is 13.8 Å². The summed E-state index contributed by atoms with van der Waals surface area (Å²) in [5.74, 6) is 2.50. The molecular weight excluding hydrogens is 368 g/mol. The largest absolute Gasteiger partial charge is 0.378 e. The summed E-state index contributed by atoms with van der Waals surface area (Å²) in [6.07, 6.45) is 1.97. The van der Waals surface area contributed by atoms with Gasteiger partial charge >= 0.3 is 0 Å². The van der Waals surface area contributed by atoms with E-state index in [-0.39, 0.29) is 12.1 Å². The van der Waals surface area contributed by atoms with E-state index in [1.165, 1.54) is 0 Å². The molecule has 29 heavy (non-hydrogen) atoms. The molecule has 0 radical (unpaired) electrons. The van der Waals surface area contributed by atoms with E-state index in [0.717, 1.165) is 48.3 Å². The molecule has 0 bridgehead atoms. The van der Waals surface area contributed by atoms with E-state index in [2.05, 4.69) is 40.8 Å². The second kappa shape index (κ2) is 7.61. The zero-order chi connectivity index (χ0) is 19.8. The maximum absolute atomic E-state index is 5.81. The standard InChI is InChI=1S/C21H26N6O2/c1-15-16(2)29-12-9-26(15)21-23-19(25-7-10-28-11-8-25)13-20(24-21)27-14-22-17-5-3-4-6-18(17)27/h3-6,13-16H,7-12H2,1-2H3/t15-,16-/m0/s1. The number of para-hydroxylation sites is 2. The first-order valence-electron chi connectivity index (χ1n) is 10.2. The van der Waals surface area contributed by atoms with Crippen LogP contribution in [0.2, 0.25) is 0 Å². The molecule has 2 atom stereocenters. The van der Waals surface area contributed by atoms with Gasteiger partial charge in [0, 0.05) is 25.7 Å². The fraction of sp³-hybridized carbons (Fsp3) is 0.476. The summed E-state index contributed by atoms with van der Waals surface area (Å²) in [5, 5.41) is 0. The van der Waals surface area contributed by atoms with Crippen molar-refractivity contribution in [2.75, 3.05) is 49.3 Å². The molecule has 2 aromatic heterocycles. The second-order valence-electron chi connectivity index (χ2n) is 7.60. The zero-order valence-electron chi connectivity index (χ0n) is 16.9. The highest BCUT2D eigenvalue weighted by atomic mass is 16.5. The van der Waals surface area contributed by atoms with Gasteiger partial charge in [-0.05, 0) is 26.0 Å². The third-order valence-electron chi connectivity index (χ3n) is 5.86. The molecule has 0 saturated carbocycles. The highest BCUT2D eigenvalue weighted by Crippen LogP contribution is 2.26. The molecule has 3 aromatic rings. The predicted octanol–water partition coefficient (Wildman–Crippen LogP) is 2.27. The Labute approximate surface area is 170 Å². The summed E-state index contributed by atoms with van der Waals surface area (Å²) >= 11 is 0. The average molecular weight is 394 g/mol. The number of morpholine rings is 2. The van der Waals surface area contributed by atoms with Gasteiger partial charge in [-0.2, -0.15) is 9.97 Å². The van der Waals surface area contributed by atoms with Crippen LogP contribution in [0.15, 0.2) is 36.7 Å². The van der Waals surface area contributed by atoms with Crippen LogP contribution < -0.4 is 9.80 Å². The van der Waals surface area contributed by atoms with Gasteiger partial charge in [-0.25, -0.2) is 4.98 Å². The van der Waals surface area contributed by atoms with Crippen molar-refractivity contribution < 1.29 is 9.47 Å². The fourth-order valence-corrected chi connectivity index (χ4v) is 3.97. The third-order valence-corrected chi connectivity index (χ3v) is 5.86. The van der Waals surface area contributed by atoms with Crippen LogP contribution >= 0.6 is 0 Å². The Balaban J connectivity index is 1.62. The molecule has 1 aromatic carbocycles. The van der Waals surface area contributed by atoms with E-state index >= 15 is 0 Å². The van der Waals surface area contributed by atoms with Gasteiger partial charge in [0.05, 0.1) is 43.0 Å². The van der Waals surface area contributed by atoms with Gasteiger partial charge in [-0.1, -0.05) is 12.1 Å². The molecule has 2 saturated heterocycles. The number of nitrogens with zero attached hydrogens (tertiary/aromatic N) is 6. The molecule has 0 spiro atoms. The molecule has 0 N–H and O–H groups in total. The molecule has 4 heterocycles. The normalized spacial score (nSPS) is 23.0. The number of imidazole rings is 1. The van der Waals surface area contributed by atoms with Gasteiger partial charge in [-0.15, -0.1) is 0 Å². The highest BCUT2D eigenvalue weighted by molar-refractivity contribution is 5.77. The van der Waals surface area contributed by atoms with Crippen molar-refractivity contribution in [3.05, 3.63) is 36.7 Å². The number of aromatic nitrogens is 4. The minimum absolute atomic E-state index is 0.136. The molecule has 0 amide bonds. The van der Waals surface area contributed by atoms with Crippen LogP contribution in [0.5, 0.6) is 0 Å². The lowest BCUT2D eigenvalue weighted by molar-refractivity contribution is 0.0277. The first-order valence-corrected chi connectivity index (χ1v) is 10.2. The molecule has 5 rings (SSSR count). The van der Waals surface area contributed by atoms with Crippen molar-refractivity contribution in [1.29, 1.82) is 0 Å². The van der Waals surface area contributed by atoms with Gasteiger partial charge in [-0.3, -0.25) is 4.57 Å². The van der Waals surface area contributed by atoms with E-state index in [4.69, 9.17) is 19.4 Å². The number of hydrogen-bond acceptors (Lipinski definition) is 7. The van der Waals surface area contributed by atoms with Gasteiger partial charge in [0.25, 0.3) is 0 Å². The lowest BCUT2D eigenvalue weighted by atomic mass is 10.1. The smallest absolute Gasteiger partial charge is 0.229 e. The van der Waals surface area contributed by atoms with Crippen molar-refractivity contribution in [2.24, 2.45) is 0 Å². The van der Waals surface area contributed by atoms with Crippen LogP contribution in [-0.4, -0.2) is 71.1 Å². The molecule has 0 aliphatic carbocycles. The van der Waals surface area contributed by atoms with Crippen LogP contribution in [0.4, 0.5) is 11.8 Å². The Hall–Kier alpha value is -2.71. The Morgan fingerprint density at radius 2 is 1.76 bits per heavy atom. The second-order valence-corrected chi connectivity index (χ2v) is 7.60. The first kappa shape index (κ1) is 18.3. The van der Waals surface area contributed by atoms with Crippen molar-refractivity contribution in [3.63, 3.8) is 0 Å². The Morgan fingerprint density at radius 3 is 2.62 bits per heavy atom. The monoisotopic (exact) mass is 394 g/mol. The van der Waals surface area contributed by atoms with Gasteiger partial charge in [0.1, 0.15) is 18.0 Å². The summed E-state index contributed by atoms with van der Waals surface area (Å²) in [6, 6.07) is 10.4. The summed E-state index contributed by atoms with van der Waals surface area (Å²) in [4.78, 5) is 19.0. The van der Waals surface area contributed by atoms with Gasteiger partial charge in [0.2, 0.25) is 5.95 Å². The van der Waals surface area contributed by atoms with E-state index in [1.54, 1.807) is 0 Å². The molecule has 2 aliphatic rings. The Bertz CT molecular complexity index is 1000. The highest BCUT2D eigenvalue weighted by Gasteiger charge is 2.29. The molecule has 0 unspecified atom stereocenters. The Morgan fingerprint density at radius 1 is 0.966 bits per heavy atom. The average Bonchev–Trinajstić information content (AvgIpc) is 3.20. The number of rotatable bonds is 3. The van der Waals surface area contributed by atoms with Crippen molar-refractivity contribution in [2.45, 2.75) is 26.0 Å². The summed E-state index contributed by atoms with van der Waals surface area (Å²) < 4.78 is 13.4. The maximum Gasteiger partial charge on any atom is 0.229 e. The first-order chi connectivity index (χ1) is 14.2. The number of fused-ring (bicyclic) bond motifs is 1. The summed E-state index contributed by atoms with van der Waals surface area (Å²) in [5.41, 5.74) is 1.99. The quantitative estimate of drug-likeness (QED) is 0.675. The van der Waals surface area contributed by atoms with Gasteiger partial charge < -0.3 is 19.3 Å². The topological polar surface area (TPSA) is 68.5 Å².